The molecule has 1 aliphatic heterocycles. The molecule has 1 atom stereocenters. The third-order valence-electron chi connectivity index (χ3n) is 6.07. The van der Waals surface area contributed by atoms with Crippen LogP contribution in [0.3, 0.4) is 0 Å². The highest BCUT2D eigenvalue weighted by Crippen LogP contribution is 2.44. The van der Waals surface area contributed by atoms with Gasteiger partial charge in [0.1, 0.15) is 12.6 Å². The highest BCUT2D eigenvalue weighted by Gasteiger charge is 2.51. The molecule has 0 bridgehead atoms. The fraction of sp³-hybridized carbons (Fsp3) is 0.261. The summed E-state index contributed by atoms with van der Waals surface area (Å²) < 4.78 is 37.4. The predicted molar refractivity (Wildman–Crippen MR) is 115 cm³/mol. The molecule has 2 aromatic carbocycles. The number of aromatic nitrogens is 2. The zero-order chi connectivity index (χ0) is 24.7. The minimum atomic E-state index is -3.38. The summed E-state index contributed by atoms with van der Waals surface area (Å²) in [6, 6.07) is 13.7. The van der Waals surface area contributed by atoms with Crippen LogP contribution in [-0.2, 0) is 9.53 Å². The lowest BCUT2D eigenvalue weighted by molar-refractivity contribution is -0.141. The van der Waals surface area contributed by atoms with Crippen molar-refractivity contribution in [3.05, 3.63) is 65.4 Å². The number of hydrogen-bond donors (Lipinski definition) is 2. The maximum Gasteiger partial charge on any atom is 0.412 e. The molecule has 2 N–H and O–H groups in total. The van der Waals surface area contributed by atoms with E-state index in [1.807, 2.05) is 48.5 Å². The van der Waals surface area contributed by atoms with E-state index >= 15 is 0 Å². The van der Waals surface area contributed by atoms with Crippen LogP contribution in [0.25, 0.3) is 11.1 Å². The van der Waals surface area contributed by atoms with Gasteiger partial charge in [0.25, 0.3) is 11.8 Å². The molecule has 0 saturated carbocycles. The van der Waals surface area contributed by atoms with Crippen LogP contribution in [0, 0.1) is 0 Å². The van der Waals surface area contributed by atoms with Crippen molar-refractivity contribution in [2.45, 2.75) is 24.3 Å². The lowest BCUT2D eigenvalue weighted by Crippen LogP contribution is -2.41. The molecule has 1 fully saturated rings. The number of aliphatic carboxylic acids is 1. The van der Waals surface area contributed by atoms with Gasteiger partial charge < -0.3 is 14.7 Å². The lowest BCUT2D eigenvalue weighted by Gasteiger charge is -2.19. The number of nitrogens with one attached hydrogen (secondary N) is 1. The zero-order valence-electron chi connectivity index (χ0n) is 18.0. The Morgan fingerprint density at radius 3 is 2.34 bits per heavy atom. The number of carbonyl (C=O) groups excluding carboxylic acids is 2. The van der Waals surface area contributed by atoms with Crippen LogP contribution in [0.5, 0.6) is 0 Å². The number of fused-ring (bicyclic) bond motifs is 3. The largest absolute Gasteiger partial charge is 0.480 e. The Kier molecular flexibility index (Phi) is 5.42. The number of nitrogens with zero attached hydrogens (tertiary/aromatic N) is 3. The van der Waals surface area contributed by atoms with Crippen molar-refractivity contribution in [1.29, 1.82) is 0 Å². The minimum Gasteiger partial charge on any atom is -0.480 e. The van der Waals surface area contributed by atoms with E-state index in [9.17, 15) is 28.3 Å². The van der Waals surface area contributed by atoms with Crippen molar-refractivity contribution >= 4 is 23.8 Å². The number of hydrogen-bond acceptors (Lipinski definition) is 7. The Labute approximate surface area is 196 Å². The highest BCUT2D eigenvalue weighted by atomic mass is 19.3. The molecular formula is C23H18F2N4O6. The number of ether oxygens (including phenoxy) is 1. The summed E-state index contributed by atoms with van der Waals surface area (Å²) in [5, 5.41) is 18.2. The summed E-state index contributed by atoms with van der Waals surface area (Å²) in [7, 11) is 0. The summed E-state index contributed by atoms with van der Waals surface area (Å²) in [5.41, 5.74) is 3.47. The van der Waals surface area contributed by atoms with E-state index in [-0.39, 0.29) is 12.5 Å². The van der Waals surface area contributed by atoms with Gasteiger partial charge in [-0.05, 0) is 32.6 Å². The fourth-order valence-electron chi connectivity index (χ4n) is 4.53. The number of halogens is 2. The Morgan fingerprint density at radius 1 is 1.09 bits per heavy atom. The topological polar surface area (TPSA) is 135 Å². The third kappa shape index (κ3) is 4.07. The first kappa shape index (κ1) is 22.4. The molecule has 2 aliphatic rings. The van der Waals surface area contributed by atoms with Gasteiger partial charge in [-0.2, -0.15) is 0 Å². The maximum atomic E-state index is 13.8. The van der Waals surface area contributed by atoms with E-state index in [2.05, 4.69) is 20.3 Å². The molecule has 1 saturated heterocycles. The van der Waals surface area contributed by atoms with Gasteiger partial charge in [-0.15, -0.1) is 0 Å². The van der Waals surface area contributed by atoms with Crippen LogP contribution in [0.2, 0.25) is 0 Å². The van der Waals surface area contributed by atoms with Gasteiger partial charge in [-0.1, -0.05) is 48.5 Å². The molecule has 2 amide bonds. The van der Waals surface area contributed by atoms with Crippen molar-refractivity contribution in [1.82, 2.24) is 15.2 Å². The highest BCUT2D eigenvalue weighted by molar-refractivity contribution is 6.01. The Bertz CT molecular complexity index is 1280. The molecule has 0 radical (unpaired) electrons. The number of rotatable bonds is 5. The van der Waals surface area contributed by atoms with E-state index in [0.29, 0.717) is 4.90 Å². The Morgan fingerprint density at radius 2 is 1.71 bits per heavy atom. The minimum absolute atomic E-state index is 0.0200. The average Bonchev–Trinajstić information content (AvgIpc) is 3.51. The Hall–Kier alpha value is -4.35. The average molecular weight is 484 g/mol. The van der Waals surface area contributed by atoms with E-state index in [1.54, 1.807) is 0 Å². The summed E-state index contributed by atoms with van der Waals surface area (Å²) in [5.74, 6) is -6.81. The molecule has 1 unspecified atom stereocenters. The second-order valence-electron chi connectivity index (χ2n) is 8.26. The number of carbonyl (C=O) groups is 3. The van der Waals surface area contributed by atoms with Crippen molar-refractivity contribution in [2.75, 3.05) is 18.5 Å². The van der Waals surface area contributed by atoms with E-state index in [1.165, 1.54) is 0 Å². The molecule has 12 heteroatoms. The van der Waals surface area contributed by atoms with Crippen LogP contribution in [0.15, 0.2) is 53.2 Å². The summed E-state index contributed by atoms with van der Waals surface area (Å²) in [6.45, 7) is -1.13. The summed E-state index contributed by atoms with van der Waals surface area (Å²) in [4.78, 5) is 37.0. The first-order valence-electron chi connectivity index (χ1n) is 10.6. The van der Waals surface area contributed by atoms with Crippen molar-refractivity contribution in [3.8, 4) is 11.1 Å². The number of carboxylic acid groups (broad SMARTS) is 1. The molecule has 3 aromatic rings. The number of anilines is 1. The van der Waals surface area contributed by atoms with Crippen molar-refractivity contribution < 1.29 is 37.6 Å². The molecule has 2 heterocycles. The number of benzene rings is 2. The van der Waals surface area contributed by atoms with Crippen molar-refractivity contribution in [2.24, 2.45) is 0 Å². The standard InChI is InChI=1S/C23H18F2N4O6/c24-23(25)9-17(21(31)32)29(11-23)20(30)18-19(28-35-27-18)26-22(33)34-10-16-14-7-3-1-5-12(14)13-6-2-4-8-15(13)16/h1-8,16-17H,9-11H2,(H,31,32)(H,26,28,33). The second kappa shape index (κ2) is 8.46. The van der Waals surface area contributed by atoms with Gasteiger partial charge >= 0.3 is 12.1 Å². The fourth-order valence-corrected chi connectivity index (χ4v) is 4.53. The number of alkyl halides is 2. The van der Waals surface area contributed by atoms with Crippen LogP contribution in [0.4, 0.5) is 19.4 Å². The molecular weight excluding hydrogens is 466 g/mol. The first-order valence-corrected chi connectivity index (χ1v) is 10.6. The molecule has 5 rings (SSSR count). The van der Waals surface area contributed by atoms with Gasteiger partial charge in [0.15, 0.2) is 0 Å². The quantitative estimate of drug-likeness (QED) is 0.563. The lowest BCUT2D eigenvalue weighted by atomic mass is 9.98. The van der Waals surface area contributed by atoms with Gasteiger partial charge in [0, 0.05) is 12.3 Å². The zero-order valence-corrected chi connectivity index (χ0v) is 18.0. The monoisotopic (exact) mass is 484 g/mol. The second-order valence-corrected chi connectivity index (χ2v) is 8.26. The summed E-state index contributed by atoms with van der Waals surface area (Å²) in [6.07, 6.45) is -2.01. The van der Waals surface area contributed by atoms with E-state index in [4.69, 9.17) is 4.74 Å². The number of likely N-dealkylation sites (tertiary alicyclic amines) is 1. The van der Waals surface area contributed by atoms with Gasteiger partial charge in [-0.25, -0.2) is 23.0 Å². The van der Waals surface area contributed by atoms with Crippen molar-refractivity contribution in [3.63, 3.8) is 0 Å². The molecule has 1 aromatic heterocycles. The molecule has 35 heavy (non-hydrogen) atoms. The molecule has 1 aliphatic carbocycles. The van der Waals surface area contributed by atoms with Crippen LogP contribution in [-0.4, -0.2) is 63.4 Å². The van der Waals surface area contributed by atoms with Gasteiger partial charge in [0.2, 0.25) is 11.5 Å². The maximum absolute atomic E-state index is 13.8. The van der Waals surface area contributed by atoms with Gasteiger partial charge in [0.05, 0.1) is 6.54 Å². The number of amides is 2. The smallest absolute Gasteiger partial charge is 0.412 e. The van der Waals surface area contributed by atoms with E-state index in [0.717, 1.165) is 22.3 Å². The first-order chi connectivity index (χ1) is 16.7. The normalized spacial score (nSPS) is 18.1. The third-order valence-corrected chi connectivity index (χ3v) is 6.07. The molecule has 180 valence electrons. The number of carboxylic acids is 1. The predicted octanol–water partition coefficient (Wildman–Crippen LogP) is 3.37. The van der Waals surface area contributed by atoms with E-state index < -0.39 is 54.4 Å². The van der Waals surface area contributed by atoms with Gasteiger partial charge in [-0.3, -0.25) is 10.1 Å². The Balaban J connectivity index is 1.28. The molecule has 0 spiro atoms. The van der Waals surface area contributed by atoms with Crippen LogP contribution >= 0.6 is 0 Å². The molecule has 10 nitrogen and oxygen atoms in total. The van der Waals surface area contributed by atoms with Crippen LogP contribution in [0.1, 0.15) is 34.0 Å². The summed E-state index contributed by atoms with van der Waals surface area (Å²) >= 11 is 0. The van der Waals surface area contributed by atoms with Crippen LogP contribution < -0.4 is 5.32 Å². The SMILES string of the molecule is O=C(Nc1nonc1C(=O)N1CC(F)(F)CC1C(=O)O)OCC1c2ccccc2-c2ccccc21.